The average Bonchev–Trinajstić information content (AvgIpc) is 2.90. The van der Waals surface area contributed by atoms with Crippen molar-refractivity contribution in [1.82, 2.24) is 0 Å². The molecule has 0 bridgehead atoms. The summed E-state index contributed by atoms with van der Waals surface area (Å²) in [6, 6.07) is 3.04. The first-order valence-electron chi connectivity index (χ1n) is 6.73. The normalized spacial score (nSPS) is 29.8. The molecule has 0 aliphatic heterocycles. The molecular weight excluding hydrogens is 267 g/mol. The second-order valence-corrected chi connectivity index (χ2v) is 5.94. The van der Waals surface area contributed by atoms with E-state index in [9.17, 15) is 4.39 Å². The zero-order chi connectivity index (χ0) is 13.6. The summed E-state index contributed by atoms with van der Waals surface area (Å²) in [6.07, 6.45) is 3.78. The van der Waals surface area contributed by atoms with Crippen LogP contribution < -0.4 is 9.47 Å². The van der Waals surface area contributed by atoms with Gasteiger partial charge in [0, 0.05) is 11.6 Å². The van der Waals surface area contributed by atoms with Gasteiger partial charge < -0.3 is 9.47 Å². The lowest BCUT2D eigenvalue weighted by Crippen LogP contribution is -2.03. The van der Waals surface area contributed by atoms with Crippen molar-refractivity contribution in [2.24, 2.45) is 17.8 Å². The summed E-state index contributed by atoms with van der Waals surface area (Å²) in [7, 11) is 3.05. The zero-order valence-electron chi connectivity index (χ0n) is 11.2. The summed E-state index contributed by atoms with van der Waals surface area (Å²) in [4.78, 5) is 0. The molecule has 3 atom stereocenters. The quantitative estimate of drug-likeness (QED) is 0.773. The van der Waals surface area contributed by atoms with E-state index in [4.69, 9.17) is 21.1 Å². The van der Waals surface area contributed by atoms with E-state index in [2.05, 4.69) is 0 Å². The van der Waals surface area contributed by atoms with Crippen molar-refractivity contribution < 1.29 is 13.9 Å². The first-order chi connectivity index (χ1) is 9.17. The number of fused-ring (bicyclic) bond motifs is 1. The lowest BCUT2D eigenvalue weighted by molar-refractivity contribution is 0.351. The number of hydrogen-bond acceptors (Lipinski definition) is 2. The Morgan fingerprint density at radius 1 is 1.16 bits per heavy atom. The predicted molar refractivity (Wildman–Crippen MR) is 72.4 cm³/mol. The van der Waals surface area contributed by atoms with Crippen LogP contribution in [0.15, 0.2) is 12.1 Å². The molecule has 2 fully saturated rings. The highest BCUT2D eigenvalue weighted by Gasteiger charge is 2.56. The van der Waals surface area contributed by atoms with Gasteiger partial charge in [0.15, 0.2) is 11.5 Å². The van der Waals surface area contributed by atoms with Gasteiger partial charge in [-0.3, -0.25) is 0 Å². The lowest BCUT2D eigenvalue weighted by atomic mass is 10.0. The van der Waals surface area contributed by atoms with E-state index < -0.39 is 0 Å². The van der Waals surface area contributed by atoms with Gasteiger partial charge in [0.05, 0.1) is 19.6 Å². The molecule has 0 radical (unpaired) electrons. The molecule has 1 aromatic carbocycles. The van der Waals surface area contributed by atoms with Gasteiger partial charge >= 0.3 is 0 Å². The molecule has 2 nitrogen and oxygen atoms in total. The van der Waals surface area contributed by atoms with Crippen LogP contribution in [0.25, 0.3) is 0 Å². The van der Waals surface area contributed by atoms with E-state index in [0.29, 0.717) is 34.8 Å². The third kappa shape index (κ3) is 2.08. The average molecular weight is 285 g/mol. The van der Waals surface area contributed by atoms with Gasteiger partial charge in [-0.2, -0.15) is 0 Å². The maximum Gasteiger partial charge on any atom is 0.163 e. The largest absolute Gasteiger partial charge is 0.493 e. The molecule has 3 unspecified atom stereocenters. The Morgan fingerprint density at radius 2 is 1.74 bits per heavy atom. The van der Waals surface area contributed by atoms with Crippen molar-refractivity contribution in [3.05, 3.63) is 23.5 Å². The molecule has 104 valence electrons. The van der Waals surface area contributed by atoms with Crippen molar-refractivity contribution in [3.63, 3.8) is 0 Å². The second kappa shape index (κ2) is 4.86. The van der Waals surface area contributed by atoms with Crippen molar-refractivity contribution in [2.45, 2.75) is 24.6 Å². The monoisotopic (exact) mass is 284 g/mol. The number of rotatable bonds is 4. The molecule has 0 amide bonds. The van der Waals surface area contributed by atoms with Crippen LogP contribution in [0.5, 0.6) is 11.5 Å². The van der Waals surface area contributed by atoms with Gasteiger partial charge in [0.1, 0.15) is 5.82 Å². The van der Waals surface area contributed by atoms with E-state index in [1.54, 1.807) is 13.2 Å². The first-order valence-corrected chi connectivity index (χ1v) is 7.16. The van der Waals surface area contributed by atoms with Gasteiger partial charge in [-0.05, 0) is 36.7 Å². The number of alkyl halides is 1. The van der Waals surface area contributed by atoms with E-state index in [-0.39, 0.29) is 11.2 Å². The fourth-order valence-electron chi connectivity index (χ4n) is 3.60. The van der Waals surface area contributed by atoms with E-state index in [0.717, 1.165) is 0 Å². The molecule has 0 N–H and O–H groups in total. The fraction of sp³-hybridized carbons (Fsp3) is 0.600. The van der Waals surface area contributed by atoms with Gasteiger partial charge in [-0.25, -0.2) is 4.39 Å². The van der Waals surface area contributed by atoms with Crippen LogP contribution in [-0.4, -0.2) is 14.2 Å². The van der Waals surface area contributed by atoms with Gasteiger partial charge in [0.25, 0.3) is 0 Å². The van der Waals surface area contributed by atoms with E-state index in [1.807, 2.05) is 0 Å². The Hall–Kier alpha value is -0.960. The Morgan fingerprint density at radius 3 is 2.32 bits per heavy atom. The molecule has 2 aliphatic rings. The highest BCUT2D eigenvalue weighted by molar-refractivity contribution is 6.21. The van der Waals surface area contributed by atoms with Crippen LogP contribution in [0.2, 0.25) is 0 Å². The number of benzene rings is 1. The van der Waals surface area contributed by atoms with Crippen LogP contribution >= 0.6 is 11.6 Å². The molecule has 2 aliphatic carbocycles. The van der Waals surface area contributed by atoms with Crippen molar-refractivity contribution >= 4 is 11.6 Å². The highest BCUT2D eigenvalue weighted by atomic mass is 35.5. The SMILES string of the molecule is COc1cc(F)c(C(Cl)C2C3CCCC32)cc1OC. The summed E-state index contributed by atoms with van der Waals surface area (Å²) in [5.41, 5.74) is 0.540. The number of hydrogen-bond donors (Lipinski definition) is 0. The molecule has 19 heavy (non-hydrogen) atoms. The smallest absolute Gasteiger partial charge is 0.163 e. The molecule has 3 rings (SSSR count). The predicted octanol–water partition coefficient (Wildman–Crippen LogP) is 4.17. The minimum atomic E-state index is -0.303. The van der Waals surface area contributed by atoms with E-state index >= 15 is 0 Å². The number of methoxy groups -OCH3 is 2. The lowest BCUT2D eigenvalue weighted by Gasteiger charge is -2.16. The van der Waals surface area contributed by atoms with E-state index in [1.165, 1.54) is 32.4 Å². The Balaban J connectivity index is 1.87. The molecule has 0 saturated heterocycles. The Bertz CT molecular complexity index is 481. The summed E-state index contributed by atoms with van der Waals surface area (Å²) in [5.74, 6) is 2.48. The molecule has 4 heteroatoms. The summed E-state index contributed by atoms with van der Waals surface area (Å²) < 4.78 is 24.5. The maximum atomic E-state index is 14.1. The van der Waals surface area contributed by atoms with Crippen LogP contribution in [0.4, 0.5) is 4.39 Å². The molecule has 0 heterocycles. The molecule has 0 spiro atoms. The topological polar surface area (TPSA) is 18.5 Å². The van der Waals surface area contributed by atoms with Crippen LogP contribution in [0.3, 0.4) is 0 Å². The molecule has 2 saturated carbocycles. The van der Waals surface area contributed by atoms with Gasteiger partial charge in [-0.15, -0.1) is 11.6 Å². The van der Waals surface area contributed by atoms with Crippen molar-refractivity contribution in [3.8, 4) is 11.5 Å². The van der Waals surface area contributed by atoms with Crippen molar-refractivity contribution in [1.29, 1.82) is 0 Å². The number of halogens is 2. The van der Waals surface area contributed by atoms with Crippen LogP contribution in [0.1, 0.15) is 30.2 Å². The standard InChI is InChI=1S/C15H18ClFO2/c1-18-12-6-10(11(17)7-13(12)19-2)15(16)14-8-4-3-5-9(8)14/h6-9,14-15H,3-5H2,1-2H3. The van der Waals surface area contributed by atoms with Crippen molar-refractivity contribution in [2.75, 3.05) is 14.2 Å². The molecule has 1 aromatic rings. The maximum absolute atomic E-state index is 14.1. The second-order valence-electron chi connectivity index (χ2n) is 5.47. The number of ether oxygens (including phenoxy) is 2. The third-order valence-electron chi connectivity index (χ3n) is 4.61. The summed E-state index contributed by atoms with van der Waals surface area (Å²) in [5, 5.41) is -0.255. The minimum Gasteiger partial charge on any atom is -0.493 e. The van der Waals surface area contributed by atoms with Gasteiger partial charge in [0.2, 0.25) is 0 Å². The summed E-state index contributed by atoms with van der Waals surface area (Å²) >= 11 is 6.50. The fourth-order valence-corrected chi connectivity index (χ4v) is 4.14. The minimum absolute atomic E-state index is 0.255. The first kappa shape index (κ1) is 13.0. The van der Waals surface area contributed by atoms with Crippen LogP contribution in [-0.2, 0) is 0 Å². The molecule has 0 aromatic heterocycles. The molecular formula is C15H18ClFO2. The highest BCUT2D eigenvalue weighted by Crippen LogP contribution is 2.64. The summed E-state index contributed by atoms with van der Waals surface area (Å²) in [6.45, 7) is 0. The zero-order valence-corrected chi connectivity index (χ0v) is 11.9. The Labute approximate surface area is 117 Å². The van der Waals surface area contributed by atoms with Crippen LogP contribution in [0, 0.1) is 23.6 Å². The Kier molecular flexibility index (Phi) is 3.34. The van der Waals surface area contributed by atoms with Gasteiger partial charge in [-0.1, -0.05) is 6.42 Å². The third-order valence-corrected chi connectivity index (χ3v) is 5.14.